The van der Waals surface area contributed by atoms with Gasteiger partial charge in [-0.1, -0.05) is 36.4 Å². The van der Waals surface area contributed by atoms with Gasteiger partial charge in [-0.15, -0.1) is 11.3 Å². The average Bonchev–Trinajstić information content (AvgIpc) is 2.90. The maximum Gasteiger partial charge on any atom is 0.239 e. The predicted molar refractivity (Wildman–Crippen MR) is 90.2 cm³/mol. The molecule has 0 saturated heterocycles. The number of hydrogen-bond acceptors (Lipinski definition) is 6. The van der Waals surface area contributed by atoms with Crippen molar-refractivity contribution in [3.63, 3.8) is 0 Å². The van der Waals surface area contributed by atoms with Crippen LogP contribution < -0.4 is 11.3 Å². The van der Waals surface area contributed by atoms with E-state index in [-0.39, 0.29) is 0 Å². The molecular weight excluding hydrogens is 324 g/mol. The van der Waals surface area contributed by atoms with Crippen molar-refractivity contribution in [1.29, 1.82) is 0 Å². The van der Waals surface area contributed by atoms with Gasteiger partial charge in [0.25, 0.3) is 0 Å². The standard InChI is InChI=1S/C14H13ClN4S2/c1-2-9-7-11-12(20-9)17-14(19-16)18-13(11)21-10-5-3-4-8(15)6-10/h3-7H,2,16H2,1H3,(H,17,18,19). The first-order chi connectivity index (χ1) is 10.2. The summed E-state index contributed by atoms with van der Waals surface area (Å²) in [6.45, 7) is 2.13. The van der Waals surface area contributed by atoms with Crippen LogP contribution in [-0.4, -0.2) is 9.97 Å². The molecule has 21 heavy (non-hydrogen) atoms. The maximum atomic E-state index is 6.04. The van der Waals surface area contributed by atoms with Crippen LogP contribution in [0.3, 0.4) is 0 Å². The minimum atomic E-state index is 0.427. The van der Waals surface area contributed by atoms with E-state index in [1.807, 2.05) is 24.3 Å². The van der Waals surface area contributed by atoms with Crippen LogP contribution >= 0.6 is 34.7 Å². The molecule has 0 saturated carbocycles. The second-order valence-corrected chi connectivity index (χ2v) is 6.96. The summed E-state index contributed by atoms with van der Waals surface area (Å²) in [6, 6.07) is 9.85. The lowest BCUT2D eigenvalue weighted by atomic mass is 10.3. The van der Waals surface area contributed by atoms with Gasteiger partial charge in [0, 0.05) is 20.2 Å². The second-order valence-electron chi connectivity index (χ2n) is 4.34. The Morgan fingerprint density at radius 1 is 1.33 bits per heavy atom. The van der Waals surface area contributed by atoms with Crippen molar-refractivity contribution in [2.24, 2.45) is 5.84 Å². The minimum absolute atomic E-state index is 0.427. The fourth-order valence-electron chi connectivity index (χ4n) is 1.90. The molecule has 1 aromatic carbocycles. The van der Waals surface area contributed by atoms with E-state index < -0.39 is 0 Å². The molecule has 0 aliphatic carbocycles. The van der Waals surface area contributed by atoms with E-state index >= 15 is 0 Å². The molecule has 0 spiro atoms. The summed E-state index contributed by atoms with van der Waals surface area (Å²) in [4.78, 5) is 12.1. The zero-order valence-electron chi connectivity index (χ0n) is 11.3. The van der Waals surface area contributed by atoms with E-state index in [1.165, 1.54) is 4.88 Å². The van der Waals surface area contributed by atoms with E-state index in [0.29, 0.717) is 11.0 Å². The average molecular weight is 337 g/mol. The van der Waals surface area contributed by atoms with E-state index in [2.05, 4.69) is 28.4 Å². The normalized spacial score (nSPS) is 11.0. The van der Waals surface area contributed by atoms with Gasteiger partial charge in [0.1, 0.15) is 9.86 Å². The van der Waals surface area contributed by atoms with E-state index in [4.69, 9.17) is 17.4 Å². The Kier molecular flexibility index (Phi) is 4.30. The van der Waals surface area contributed by atoms with Gasteiger partial charge < -0.3 is 0 Å². The van der Waals surface area contributed by atoms with Crippen LogP contribution in [0.15, 0.2) is 40.3 Å². The Morgan fingerprint density at radius 3 is 2.90 bits per heavy atom. The van der Waals surface area contributed by atoms with Gasteiger partial charge in [-0.3, -0.25) is 5.43 Å². The number of nitrogens with two attached hydrogens (primary N) is 1. The van der Waals surface area contributed by atoms with Crippen LogP contribution in [-0.2, 0) is 6.42 Å². The molecule has 0 aliphatic rings. The number of fused-ring (bicyclic) bond motifs is 1. The van der Waals surface area contributed by atoms with Gasteiger partial charge in [-0.2, -0.15) is 0 Å². The Labute approximate surface area is 135 Å². The summed E-state index contributed by atoms with van der Waals surface area (Å²) in [7, 11) is 0. The lowest BCUT2D eigenvalue weighted by molar-refractivity contribution is 1.08. The molecule has 0 bridgehead atoms. The van der Waals surface area contributed by atoms with Crippen LogP contribution in [0.1, 0.15) is 11.8 Å². The number of benzene rings is 1. The Bertz CT molecular complexity index is 788. The third-order valence-electron chi connectivity index (χ3n) is 2.90. The van der Waals surface area contributed by atoms with E-state index in [0.717, 1.165) is 26.6 Å². The number of halogens is 1. The third-order valence-corrected chi connectivity index (χ3v) is 5.30. The number of nitrogens with one attached hydrogen (secondary N) is 1. The first-order valence-electron chi connectivity index (χ1n) is 6.40. The van der Waals surface area contributed by atoms with Crippen LogP contribution in [0.25, 0.3) is 10.2 Å². The zero-order valence-corrected chi connectivity index (χ0v) is 13.6. The molecule has 108 valence electrons. The smallest absolute Gasteiger partial charge is 0.239 e. The highest BCUT2D eigenvalue weighted by Crippen LogP contribution is 2.36. The summed E-state index contributed by atoms with van der Waals surface area (Å²) in [5, 5.41) is 2.65. The largest absolute Gasteiger partial charge is 0.292 e. The van der Waals surface area contributed by atoms with Crippen molar-refractivity contribution in [3.05, 3.63) is 40.2 Å². The SMILES string of the molecule is CCc1cc2c(Sc3cccc(Cl)c3)nc(NN)nc2s1. The van der Waals surface area contributed by atoms with Gasteiger partial charge >= 0.3 is 0 Å². The number of hydrazine groups is 1. The topological polar surface area (TPSA) is 63.8 Å². The highest BCUT2D eigenvalue weighted by molar-refractivity contribution is 7.99. The van der Waals surface area contributed by atoms with Crippen LogP contribution in [0.4, 0.5) is 5.95 Å². The quantitative estimate of drug-likeness (QED) is 0.421. The molecule has 2 heterocycles. The highest BCUT2D eigenvalue weighted by Gasteiger charge is 2.12. The Morgan fingerprint density at radius 2 is 2.19 bits per heavy atom. The molecule has 3 aromatic rings. The van der Waals surface area contributed by atoms with Gasteiger partial charge in [-0.05, 0) is 30.7 Å². The molecule has 3 N–H and O–H groups in total. The first kappa shape index (κ1) is 14.6. The zero-order chi connectivity index (χ0) is 14.8. The molecule has 3 rings (SSSR count). The maximum absolute atomic E-state index is 6.04. The van der Waals surface area contributed by atoms with Crippen molar-refractivity contribution < 1.29 is 0 Å². The van der Waals surface area contributed by atoms with E-state index in [9.17, 15) is 0 Å². The monoisotopic (exact) mass is 336 g/mol. The van der Waals surface area contributed by atoms with Gasteiger partial charge in [0.05, 0.1) is 0 Å². The number of nitrogens with zero attached hydrogens (tertiary/aromatic N) is 2. The number of thiophene rings is 1. The number of hydrogen-bond donors (Lipinski definition) is 2. The van der Waals surface area contributed by atoms with Crippen LogP contribution in [0.2, 0.25) is 5.02 Å². The fourth-order valence-corrected chi connectivity index (χ4v) is 4.14. The molecule has 7 heteroatoms. The molecular formula is C14H13ClN4S2. The molecule has 0 radical (unpaired) electrons. The molecule has 0 aliphatic heterocycles. The molecule has 0 unspecified atom stereocenters. The Balaban J connectivity index is 2.09. The summed E-state index contributed by atoms with van der Waals surface area (Å²) >= 11 is 9.27. The first-order valence-corrected chi connectivity index (χ1v) is 8.41. The third kappa shape index (κ3) is 3.13. The molecule has 0 atom stereocenters. The van der Waals surface area contributed by atoms with Crippen molar-refractivity contribution in [1.82, 2.24) is 9.97 Å². The van der Waals surface area contributed by atoms with E-state index in [1.54, 1.807) is 23.1 Å². The number of aromatic nitrogens is 2. The molecule has 0 amide bonds. The van der Waals surface area contributed by atoms with Crippen molar-refractivity contribution in [3.8, 4) is 0 Å². The predicted octanol–water partition coefficient (Wildman–Crippen LogP) is 4.34. The van der Waals surface area contributed by atoms with Crippen LogP contribution in [0, 0.1) is 0 Å². The molecule has 2 aromatic heterocycles. The van der Waals surface area contributed by atoms with Crippen molar-refractivity contribution in [2.45, 2.75) is 23.3 Å². The van der Waals surface area contributed by atoms with Crippen molar-refractivity contribution in [2.75, 3.05) is 5.43 Å². The highest BCUT2D eigenvalue weighted by atomic mass is 35.5. The number of rotatable bonds is 4. The fraction of sp³-hybridized carbons (Fsp3) is 0.143. The number of aryl methyl sites for hydroxylation is 1. The van der Waals surface area contributed by atoms with Gasteiger partial charge in [0.2, 0.25) is 5.95 Å². The number of anilines is 1. The summed E-state index contributed by atoms with van der Waals surface area (Å²) in [5.74, 6) is 5.89. The van der Waals surface area contributed by atoms with Gasteiger partial charge in [-0.25, -0.2) is 15.8 Å². The minimum Gasteiger partial charge on any atom is -0.292 e. The van der Waals surface area contributed by atoms with Crippen LogP contribution in [0.5, 0.6) is 0 Å². The summed E-state index contributed by atoms with van der Waals surface area (Å²) < 4.78 is 0. The second kappa shape index (κ2) is 6.19. The number of nitrogen functional groups attached to an aromatic ring is 1. The van der Waals surface area contributed by atoms with Gasteiger partial charge in [0.15, 0.2) is 0 Å². The lowest BCUT2D eigenvalue weighted by Crippen LogP contribution is -2.10. The molecule has 4 nitrogen and oxygen atoms in total. The molecule has 0 fully saturated rings. The summed E-state index contributed by atoms with van der Waals surface area (Å²) in [5.41, 5.74) is 2.53. The van der Waals surface area contributed by atoms with Crippen molar-refractivity contribution >= 4 is 50.9 Å². The Hall–Kier alpha value is -1.34. The lowest BCUT2D eigenvalue weighted by Gasteiger charge is -2.05. The summed E-state index contributed by atoms with van der Waals surface area (Å²) in [6.07, 6.45) is 0.980.